The van der Waals surface area contributed by atoms with Gasteiger partial charge in [-0.2, -0.15) is 4.98 Å². The van der Waals surface area contributed by atoms with Gasteiger partial charge in [0.05, 0.1) is 5.56 Å². The van der Waals surface area contributed by atoms with E-state index >= 15 is 0 Å². The first kappa shape index (κ1) is 15.5. The molecule has 122 valence electrons. The molecule has 0 bridgehead atoms. The first-order valence-electron chi connectivity index (χ1n) is 7.16. The van der Waals surface area contributed by atoms with Gasteiger partial charge in [0.15, 0.2) is 5.82 Å². The van der Waals surface area contributed by atoms with Crippen LogP contribution in [-0.4, -0.2) is 26.2 Å². The minimum atomic E-state index is -0.985. The molecule has 1 aromatic carbocycles. The lowest BCUT2D eigenvalue weighted by Gasteiger charge is -2.09. The van der Waals surface area contributed by atoms with E-state index in [2.05, 4.69) is 25.8 Å². The normalized spacial score (nSPS) is 10.4. The Balaban J connectivity index is 1.83. The van der Waals surface area contributed by atoms with Crippen LogP contribution >= 0.6 is 0 Å². The predicted octanol–water partition coefficient (Wildman–Crippen LogP) is 3.27. The van der Waals surface area contributed by atoms with Crippen LogP contribution in [0.3, 0.4) is 0 Å². The van der Waals surface area contributed by atoms with E-state index in [9.17, 15) is 4.79 Å². The highest BCUT2D eigenvalue weighted by atomic mass is 16.5. The van der Waals surface area contributed by atoms with Crippen LogP contribution in [0.1, 0.15) is 21.8 Å². The Morgan fingerprint density at radius 1 is 1.08 bits per heavy atom. The summed E-state index contributed by atoms with van der Waals surface area (Å²) in [6, 6.07) is 9.98. The third-order valence-corrected chi connectivity index (χ3v) is 3.10. The molecule has 0 radical (unpaired) electrons. The number of rotatable bonds is 5. The van der Waals surface area contributed by atoms with Gasteiger partial charge >= 0.3 is 5.97 Å². The van der Waals surface area contributed by atoms with Gasteiger partial charge in [-0.15, -0.1) is 0 Å². The maximum Gasteiger partial charge on any atom is 0.335 e. The van der Waals surface area contributed by atoms with Gasteiger partial charge in [0.2, 0.25) is 5.95 Å². The van der Waals surface area contributed by atoms with Gasteiger partial charge in [-0.25, -0.2) is 9.78 Å². The van der Waals surface area contributed by atoms with E-state index in [-0.39, 0.29) is 5.56 Å². The highest BCUT2D eigenvalue weighted by molar-refractivity contribution is 5.89. The summed E-state index contributed by atoms with van der Waals surface area (Å²) < 4.78 is 4.99. The minimum absolute atomic E-state index is 0.196. The number of anilines is 4. The highest BCUT2D eigenvalue weighted by Gasteiger charge is 2.08. The summed E-state index contributed by atoms with van der Waals surface area (Å²) in [7, 11) is 0. The lowest BCUT2D eigenvalue weighted by atomic mass is 10.2. The number of aryl methyl sites for hydroxylation is 2. The molecule has 0 saturated heterocycles. The summed E-state index contributed by atoms with van der Waals surface area (Å²) in [5, 5.41) is 18.9. The van der Waals surface area contributed by atoms with Crippen molar-refractivity contribution in [2.24, 2.45) is 0 Å². The van der Waals surface area contributed by atoms with Crippen LogP contribution in [0.4, 0.5) is 23.3 Å². The largest absolute Gasteiger partial charge is 0.478 e. The number of hydrogen-bond acceptors (Lipinski definition) is 7. The number of aromatic carboxylic acids is 1. The lowest BCUT2D eigenvalue weighted by Crippen LogP contribution is -2.03. The zero-order chi connectivity index (χ0) is 17.1. The van der Waals surface area contributed by atoms with Gasteiger partial charge in [-0.3, -0.25) is 0 Å². The maximum absolute atomic E-state index is 11.0. The Kier molecular flexibility index (Phi) is 4.11. The topological polar surface area (TPSA) is 113 Å². The van der Waals surface area contributed by atoms with Gasteiger partial charge in [0.25, 0.3) is 0 Å². The second kappa shape index (κ2) is 6.37. The van der Waals surface area contributed by atoms with Gasteiger partial charge in [-0.05, 0) is 32.0 Å². The van der Waals surface area contributed by atoms with Crippen molar-refractivity contribution in [3.05, 3.63) is 53.4 Å². The molecule has 3 rings (SSSR count). The monoisotopic (exact) mass is 325 g/mol. The van der Waals surface area contributed by atoms with Crippen molar-refractivity contribution in [1.29, 1.82) is 0 Å². The van der Waals surface area contributed by atoms with E-state index in [0.717, 1.165) is 5.69 Å². The van der Waals surface area contributed by atoms with E-state index in [1.807, 2.05) is 6.92 Å². The van der Waals surface area contributed by atoms with E-state index < -0.39 is 5.97 Å². The van der Waals surface area contributed by atoms with Gasteiger partial charge in [0.1, 0.15) is 11.6 Å². The number of nitrogens with zero attached hydrogens (tertiary/aromatic N) is 3. The molecule has 24 heavy (non-hydrogen) atoms. The number of hydrogen-bond donors (Lipinski definition) is 3. The van der Waals surface area contributed by atoms with Crippen LogP contribution in [0.25, 0.3) is 0 Å². The summed E-state index contributed by atoms with van der Waals surface area (Å²) in [5.74, 6) is 1.10. The molecule has 0 fully saturated rings. The van der Waals surface area contributed by atoms with Crippen LogP contribution in [-0.2, 0) is 0 Å². The molecule has 0 atom stereocenters. The number of carboxylic acids is 1. The van der Waals surface area contributed by atoms with Crippen LogP contribution in [0, 0.1) is 13.8 Å². The van der Waals surface area contributed by atoms with E-state index in [0.29, 0.717) is 29.0 Å². The molecule has 8 nitrogen and oxygen atoms in total. The minimum Gasteiger partial charge on any atom is -0.478 e. The number of benzene rings is 1. The van der Waals surface area contributed by atoms with E-state index in [1.165, 1.54) is 12.1 Å². The molecule has 2 heterocycles. The molecule has 0 saturated carbocycles. The summed E-state index contributed by atoms with van der Waals surface area (Å²) in [6.45, 7) is 3.62. The number of nitrogens with one attached hydrogen (secondary N) is 2. The number of aromatic nitrogens is 3. The van der Waals surface area contributed by atoms with Gasteiger partial charge in [-0.1, -0.05) is 11.2 Å². The Hall–Kier alpha value is -3.42. The predicted molar refractivity (Wildman–Crippen MR) is 88.0 cm³/mol. The first-order valence-corrected chi connectivity index (χ1v) is 7.16. The summed E-state index contributed by atoms with van der Waals surface area (Å²) in [4.78, 5) is 19.7. The molecule has 0 unspecified atom stereocenters. The Morgan fingerprint density at radius 2 is 1.92 bits per heavy atom. The third kappa shape index (κ3) is 3.67. The molecular weight excluding hydrogens is 310 g/mol. The fraction of sp³-hybridized carbons (Fsp3) is 0.125. The fourth-order valence-corrected chi connectivity index (χ4v) is 2.11. The molecule has 2 aromatic heterocycles. The Bertz CT molecular complexity index is 891. The molecule has 0 spiro atoms. The Morgan fingerprint density at radius 3 is 2.62 bits per heavy atom. The molecule has 0 aliphatic carbocycles. The van der Waals surface area contributed by atoms with Crippen molar-refractivity contribution < 1.29 is 14.4 Å². The molecule has 0 aliphatic heterocycles. The molecule has 3 N–H and O–H groups in total. The van der Waals surface area contributed by atoms with Crippen LogP contribution in [0.5, 0.6) is 0 Å². The zero-order valence-corrected chi connectivity index (χ0v) is 13.1. The molecule has 0 aliphatic rings. The first-order chi connectivity index (χ1) is 11.5. The van der Waals surface area contributed by atoms with Crippen molar-refractivity contribution in [1.82, 2.24) is 15.1 Å². The highest BCUT2D eigenvalue weighted by Crippen LogP contribution is 2.20. The SMILES string of the molecule is Cc1cc(Nc2cccc(C(=O)O)c2)nc(Nc2cc(C)on2)n1. The number of carbonyl (C=O) groups is 1. The number of carboxylic acid groups (broad SMARTS) is 1. The van der Waals surface area contributed by atoms with E-state index in [4.69, 9.17) is 9.63 Å². The molecule has 8 heteroatoms. The van der Waals surface area contributed by atoms with Crippen molar-refractivity contribution in [3.8, 4) is 0 Å². The Labute approximate surface area is 137 Å². The van der Waals surface area contributed by atoms with Crippen molar-refractivity contribution >= 4 is 29.2 Å². The van der Waals surface area contributed by atoms with Crippen LogP contribution in [0.15, 0.2) is 40.9 Å². The zero-order valence-electron chi connectivity index (χ0n) is 13.1. The summed E-state index contributed by atoms with van der Waals surface area (Å²) in [5.41, 5.74) is 1.56. The van der Waals surface area contributed by atoms with E-state index in [1.54, 1.807) is 31.2 Å². The van der Waals surface area contributed by atoms with Crippen molar-refractivity contribution in [3.63, 3.8) is 0 Å². The average Bonchev–Trinajstić information content (AvgIpc) is 2.92. The van der Waals surface area contributed by atoms with Gasteiger partial charge < -0.3 is 20.3 Å². The summed E-state index contributed by atoms with van der Waals surface area (Å²) in [6.07, 6.45) is 0. The summed E-state index contributed by atoms with van der Waals surface area (Å²) >= 11 is 0. The smallest absolute Gasteiger partial charge is 0.335 e. The van der Waals surface area contributed by atoms with Crippen molar-refractivity contribution in [2.45, 2.75) is 13.8 Å². The maximum atomic E-state index is 11.0. The second-order valence-electron chi connectivity index (χ2n) is 5.18. The van der Waals surface area contributed by atoms with Crippen molar-refractivity contribution in [2.75, 3.05) is 10.6 Å². The average molecular weight is 325 g/mol. The molecule has 0 amide bonds. The van der Waals surface area contributed by atoms with Gasteiger partial charge in [0, 0.05) is 23.5 Å². The third-order valence-electron chi connectivity index (χ3n) is 3.10. The fourth-order valence-electron chi connectivity index (χ4n) is 2.11. The van der Waals surface area contributed by atoms with Crippen LogP contribution < -0.4 is 10.6 Å². The molecular formula is C16H15N5O3. The second-order valence-corrected chi connectivity index (χ2v) is 5.18. The van der Waals surface area contributed by atoms with Crippen LogP contribution in [0.2, 0.25) is 0 Å². The molecule has 3 aromatic rings. The lowest BCUT2D eigenvalue weighted by molar-refractivity contribution is 0.0697. The quantitative estimate of drug-likeness (QED) is 0.655. The standard InChI is InChI=1S/C16H15N5O3/c1-9-6-13(18-12-5-3-4-11(8-12)15(22)23)19-16(17-9)20-14-7-10(2)24-21-14/h3-8H,1-2H3,(H,22,23)(H2,17,18,19,20,21).